The molecule has 48 heavy (non-hydrogen) atoms. The highest BCUT2D eigenvalue weighted by molar-refractivity contribution is 6.11. The van der Waals surface area contributed by atoms with Crippen molar-refractivity contribution in [2.24, 2.45) is 0 Å². The fourth-order valence-corrected chi connectivity index (χ4v) is 7.36. The van der Waals surface area contributed by atoms with E-state index in [0.29, 0.717) is 0 Å². The minimum atomic E-state index is 0.868. The van der Waals surface area contributed by atoms with Crippen molar-refractivity contribution < 1.29 is 9.47 Å². The molecule has 2 aliphatic heterocycles. The van der Waals surface area contributed by atoms with Crippen LogP contribution in [0.15, 0.2) is 171 Å². The van der Waals surface area contributed by atoms with Crippen LogP contribution in [0.3, 0.4) is 0 Å². The molecule has 0 bridgehead atoms. The number of rotatable bonds is 3. The maximum absolute atomic E-state index is 6.62. The van der Waals surface area contributed by atoms with Crippen LogP contribution in [-0.2, 0) is 0 Å². The topological polar surface area (TPSA) is 18.5 Å². The van der Waals surface area contributed by atoms with Gasteiger partial charge in [0.15, 0.2) is 0 Å². The van der Waals surface area contributed by atoms with Crippen LogP contribution in [0, 0.1) is 0 Å². The second-order valence-electron chi connectivity index (χ2n) is 12.0. The van der Waals surface area contributed by atoms with Crippen molar-refractivity contribution in [2.75, 3.05) is 0 Å². The molecule has 0 N–H and O–H groups in total. The summed E-state index contributed by atoms with van der Waals surface area (Å²) in [6.07, 6.45) is 0. The number of fused-ring (bicyclic) bond motifs is 4. The molecule has 0 atom stereocenters. The van der Waals surface area contributed by atoms with Gasteiger partial charge >= 0.3 is 0 Å². The first-order chi connectivity index (χ1) is 23.8. The van der Waals surface area contributed by atoms with E-state index in [0.717, 1.165) is 56.0 Å². The summed E-state index contributed by atoms with van der Waals surface area (Å²) < 4.78 is 13.2. The first-order valence-corrected chi connectivity index (χ1v) is 16.2. The van der Waals surface area contributed by atoms with Crippen molar-refractivity contribution in [3.63, 3.8) is 0 Å². The summed E-state index contributed by atoms with van der Waals surface area (Å²) >= 11 is 0. The smallest absolute Gasteiger partial charge is 0.135 e. The first kappa shape index (κ1) is 27.9. The predicted octanol–water partition coefficient (Wildman–Crippen LogP) is 13.3. The number of ether oxygens (including phenoxy) is 2. The highest BCUT2D eigenvalue weighted by Gasteiger charge is 2.24. The Morgan fingerprint density at radius 3 is 1.12 bits per heavy atom. The summed E-state index contributed by atoms with van der Waals surface area (Å²) in [5.74, 6) is 3.52. The van der Waals surface area contributed by atoms with Gasteiger partial charge in [0.25, 0.3) is 0 Å². The van der Waals surface area contributed by atoms with Crippen LogP contribution >= 0.6 is 0 Å². The molecule has 10 rings (SSSR count). The van der Waals surface area contributed by atoms with Crippen molar-refractivity contribution in [2.45, 2.75) is 0 Å². The molecule has 226 valence electrons. The molecule has 2 heterocycles. The van der Waals surface area contributed by atoms with E-state index < -0.39 is 0 Å². The lowest BCUT2D eigenvalue weighted by molar-refractivity contribution is 0.486. The Labute approximate surface area is 279 Å². The Bertz CT molecular complexity index is 2350. The van der Waals surface area contributed by atoms with E-state index in [-0.39, 0.29) is 0 Å². The van der Waals surface area contributed by atoms with Gasteiger partial charge in [-0.1, -0.05) is 121 Å². The van der Waals surface area contributed by atoms with E-state index in [1.807, 2.05) is 0 Å². The predicted molar refractivity (Wildman–Crippen MR) is 200 cm³/mol. The fraction of sp³-hybridized carbons (Fsp3) is 0. The zero-order valence-corrected chi connectivity index (χ0v) is 26.2. The molecule has 0 saturated carbocycles. The van der Waals surface area contributed by atoms with Crippen molar-refractivity contribution in [3.8, 4) is 78.6 Å². The molecule has 0 unspecified atom stereocenters. The van der Waals surface area contributed by atoms with E-state index in [1.54, 1.807) is 0 Å². The number of hydrogen-bond acceptors (Lipinski definition) is 2. The summed E-state index contributed by atoms with van der Waals surface area (Å²) in [4.78, 5) is 0. The number of hydrogen-bond donors (Lipinski definition) is 0. The standard InChI is InChI=1S/C44H26O2.C2H4/c1-3-9-27(10-4-1)31-21-23-37-33-19-17-29(25-41(33)45-39-15-7-13-35(31)43(37)39)30-18-20-34-38-24-22-32(28-11-5-2-6-12-28)36-14-8-16-40(44(36)38)46-42(34)26-30;1-2/h1-26H;1-2H2. The van der Waals surface area contributed by atoms with Crippen LogP contribution in [-0.4, -0.2) is 0 Å². The van der Waals surface area contributed by atoms with E-state index in [2.05, 4.69) is 171 Å². The van der Waals surface area contributed by atoms with Gasteiger partial charge in [0, 0.05) is 21.9 Å². The lowest BCUT2D eigenvalue weighted by Crippen LogP contribution is -1.99. The zero-order valence-electron chi connectivity index (χ0n) is 26.2. The molecule has 2 nitrogen and oxygen atoms in total. The monoisotopic (exact) mass is 614 g/mol. The van der Waals surface area contributed by atoms with Gasteiger partial charge in [0.05, 0.1) is 0 Å². The quantitative estimate of drug-likeness (QED) is 0.184. The summed E-state index contributed by atoms with van der Waals surface area (Å²) in [6, 6.07) is 55.9. The van der Waals surface area contributed by atoms with Crippen molar-refractivity contribution in [3.05, 3.63) is 171 Å². The van der Waals surface area contributed by atoms with Crippen LogP contribution in [0.25, 0.3) is 77.2 Å². The summed E-state index contributed by atoms with van der Waals surface area (Å²) in [5.41, 5.74) is 11.6. The highest BCUT2D eigenvalue weighted by atomic mass is 16.5. The molecule has 8 aromatic carbocycles. The molecule has 0 amide bonds. The van der Waals surface area contributed by atoms with Gasteiger partial charge in [-0.25, -0.2) is 0 Å². The minimum absolute atomic E-state index is 0.868. The Kier molecular flexibility index (Phi) is 6.48. The maximum atomic E-state index is 6.62. The third kappa shape index (κ3) is 4.27. The van der Waals surface area contributed by atoms with E-state index >= 15 is 0 Å². The van der Waals surface area contributed by atoms with Crippen molar-refractivity contribution in [1.82, 2.24) is 0 Å². The molecule has 0 radical (unpaired) electrons. The van der Waals surface area contributed by atoms with Gasteiger partial charge in [-0.3, -0.25) is 0 Å². The van der Waals surface area contributed by atoms with Crippen molar-refractivity contribution >= 4 is 21.5 Å². The molecule has 2 heteroatoms. The van der Waals surface area contributed by atoms with Gasteiger partial charge < -0.3 is 9.47 Å². The second-order valence-corrected chi connectivity index (χ2v) is 12.0. The number of benzene rings is 8. The third-order valence-electron chi connectivity index (χ3n) is 9.49. The third-order valence-corrected chi connectivity index (χ3v) is 9.49. The summed E-state index contributed by atoms with van der Waals surface area (Å²) in [7, 11) is 0. The SMILES string of the molecule is C=C.c1ccc(-c2ccc3c4c(cccc24)Oc2cc(-c4ccc5c(c4)Oc4cccc6c(-c7ccccc7)ccc-5c46)ccc2-3)cc1. The molecule has 0 fully saturated rings. The average molecular weight is 615 g/mol. The molecule has 0 aliphatic carbocycles. The first-order valence-electron chi connectivity index (χ1n) is 16.2. The largest absolute Gasteiger partial charge is 0.456 e. The van der Waals surface area contributed by atoms with Gasteiger partial charge in [-0.2, -0.15) is 0 Å². The van der Waals surface area contributed by atoms with E-state index in [9.17, 15) is 0 Å². The van der Waals surface area contributed by atoms with Crippen molar-refractivity contribution in [1.29, 1.82) is 0 Å². The molecule has 0 spiro atoms. The van der Waals surface area contributed by atoms with Gasteiger partial charge in [0.1, 0.15) is 23.0 Å². The molecule has 2 aliphatic rings. The maximum Gasteiger partial charge on any atom is 0.135 e. The second kappa shape index (κ2) is 11.2. The molecular formula is C46H30O2. The van der Waals surface area contributed by atoms with Crippen LogP contribution in [0.1, 0.15) is 0 Å². The van der Waals surface area contributed by atoms with Crippen LogP contribution in [0.5, 0.6) is 23.0 Å². The minimum Gasteiger partial charge on any atom is -0.456 e. The van der Waals surface area contributed by atoms with Gasteiger partial charge in [-0.05, 0) is 91.7 Å². The average Bonchev–Trinajstić information content (AvgIpc) is 3.16. The highest BCUT2D eigenvalue weighted by Crippen LogP contribution is 2.52. The molecule has 0 saturated heterocycles. The zero-order chi connectivity index (χ0) is 32.2. The summed E-state index contributed by atoms with van der Waals surface area (Å²) in [6.45, 7) is 6.00. The Morgan fingerprint density at radius 2 is 0.688 bits per heavy atom. The Balaban J connectivity index is 0.00000154. The van der Waals surface area contributed by atoms with E-state index in [4.69, 9.17) is 9.47 Å². The van der Waals surface area contributed by atoms with Gasteiger partial charge in [-0.15, -0.1) is 13.2 Å². The van der Waals surface area contributed by atoms with E-state index in [1.165, 1.54) is 44.2 Å². The van der Waals surface area contributed by atoms with Crippen LogP contribution in [0.2, 0.25) is 0 Å². The lowest BCUT2D eigenvalue weighted by Gasteiger charge is -2.24. The molecular weight excluding hydrogens is 585 g/mol. The fourth-order valence-electron chi connectivity index (χ4n) is 7.36. The van der Waals surface area contributed by atoms with Crippen LogP contribution in [0.4, 0.5) is 0 Å². The Morgan fingerprint density at radius 1 is 0.292 bits per heavy atom. The lowest BCUT2D eigenvalue weighted by atomic mass is 9.88. The van der Waals surface area contributed by atoms with Gasteiger partial charge in [0.2, 0.25) is 0 Å². The van der Waals surface area contributed by atoms with Crippen LogP contribution < -0.4 is 9.47 Å². The summed E-state index contributed by atoms with van der Waals surface area (Å²) in [5, 5.41) is 4.73. The Hall–Kier alpha value is -6.38. The normalized spacial score (nSPS) is 11.8. The molecule has 0 aromatic heterocycles. The molecule has 8 aromatic rings.